The third-order valence-electron chi connectivity index (χ3n) is 6.00. The summed E-state index contributed by atoms with van der Waals surface area (Å²) in [5.74, 6) is -0.0778. The Balaban J connectivity index is 1.18. The van der Waals surface area contributed by atoms with Crippen molar-refractivity contribution in [3.63, 3.8) is 0 Å². The van der Waals surface area contributed by atoms with Crippen molar-refractivity contribution >= 4 is 38.5 Å². The topological polar surface area (TPSA) is 78.5 Å². The minimum absolute atomic E-state index is 0.0778. The fourth-order valence-electron chi connectivity index (χ4n) is 4.30. The van der Waals surface area contributed by atoms with Crippen LogP contribution in [0.15, 0.2) is 66.7 Å². The molecule has 1 amide bonds. The predicted molar refractivity (Wildman–Crippen MR) is 139 cm³/mol. The zero-order valence-electron chi connectivity index (χ0n) is 19.5. The summed E-state index contributed by atoms with van der Waals surface area (Å²) in [4.78, 5) is 14.5. The number of sulfonamides is 1. The standard InChI is InChI=1S/C27H31N3O3S/c1-34(32,33)29-26-12-11-23-14-17-30(20-25(23)19-26)16-5-4-15-28-27(31)13-9-21-8-10-22-6-2-3-7-24(22)18-21/h2-3,6-13,18-19,29H,4-5,14-17,20H2,1H3,(H,28,31). The van der Waals surface area contributed by atoms with Gasteiger partial charge in [-0.1, -0.05) is 42.5 Å². The molecule has 4 rings (SSSR count). The number of hydrogen-bond donors (Lipinski definition) is 2. The first-order chi connectivity index (χ1) is 16.4. The molecule has 1 aliphatic heterocycles. The van der Waals surface area contributed by atoms with Crippen LogP contribution in [0.3, 0.4) is 0 Å². The van der Waals surface area contributed by atoms with Gasteiger partial charge in [0.1, 0.15) is 0 Å². The fourth-order valence-corrected chi connectivity index (χ4v) is 4.85. The first-order valence-electron chi connectivity index (χ1n) is 11.6. The van der Waals surface area contributed by atoms with Gasteiger partial charge >= 0.3 is 0 Å². The molecule has 0 saturated carbocycles. The van der Waals surface area contributed by atoms with Gasteiger partial charge in [-0.05, 0) is 77.5 Å². The lowest BCUT2D eigenvalue weighted by Gasteiger charge is -2.29. The molecule has 0 aliphatic carbocycles. The average Bonchev–Trinajstić information content (AvgIpc) is 2.81. The highest BCUT2D eigenvalue weighted by atomic mass is 32.2. The van der Waals surface area contributed by atoms with E-state index in [1.54, 1.807) is 6.08 Å². The lowest BCUT2D eigenvalue weighted by Crippen LogP contribution is -2.32. The van der Waals surface area contributed by atoms with E-state index < -0.39 is 10.0 Å². The molecule has 0 saturated heterocycles. The number of hydrogen-bond acceptors (Lipinski definition) is 4. The molecule has 34 heavy (non-hydrogen) atoms. The van der Waals surface area contributed by atoms with E-state index in [2.05, 4.69) is 39.2 Å². The number of unbranched alkanes of at least 4 members (excludes halogenated alkanes) is 1. The molecule has 1 heterocycles. The molecule has 0 spiro atoms. The normalized spacial score (nSPS) is 14.3. The Morgan fingerprint density at radius 1 is 1.00 bits per heavy atom. The van der Waals surface area contributed by atoms with Crippen LogP contribution in [0.2, 0.25) is 0 Å². The van der Waals surface area contributed by atoms with Crippen LogP contribution in [-0.4, -0.2) is 45.1 Å². The molecule has 0 fully saturated rings. The molecular weight excluding hydrogens is 446 g/mol. The van der Waals surface area contributed by atoms with Gasteiger partial charge < -0.3 is 5.32 Å². The van der Waals surface area contributed by atoms with Crippen LogP contribution in [0.4, 0.5) is 5.69 Å². The predicted octanol–water partition coefficient (Wildman–Crippen LogP) is 4.18. The van der Waals surface area contributed by atoms with Crippen LogP contribution in [0.5, 0.6) is 0 Å². The van der Waals surface area contributed by atoms with Crippen LogP contribution >= 0.6 is 0 Å². The number of amides is 1. The highest BCUT2D eigenvalue weighted by Crippen LogP contribution is 2.23. The van der Waals surface area contributed by atoms with E-state index in [4.69, 9.17) is 0 Å². The number of nitrogens with zero attached hydrogens (tertiary/aromatic N) is 1. The molecule has 0 atom stereocenters. The largest absolute Gasteiger partial charge is 0.353 e. The Morgan fingerprint density at radius 3 is 2.65 bits per heavy atom. The summed E-state index contributed by atoms with van der Waals surface area (Å²) >= 11 is 0. The molecular formula is C27H31N3O3S. The maximum atomic E-state index is 12.2. The minimum Gasteiger partial charge on any atom is -0.353 e. The molecule has 0 unspecified atom stereocenters. The van der Waals surface area contributed by atoms with E-state index in [1.165, 1.54) is 16.5 Å². The maximum Gasteiger partial charge on any atom is 0.243 e. The zero-order valence-corrected chi connectivity index (χ0v) is 20.3. The Morgan fingerprint density at radius 2 is 1.82 bits per heavy atom. The number of fused-ring (bicyclic) bond motifs is 2. The smallest absolute Gasteiger partial charge is 0.243 e. The van der Waals surface area contributed by atoms with E-state index in [0.29, 0.717) is 12.2 Å². The van der Waals surface area contributed by atoms with Crippen molar-refractivity contribution < 1.29 is 13.2 Å². The van der Waals surface area contributed by atoms with Gasteiger partial charge in [-0.25, -0.2) is 8.42 Å². The Bertz CT molecular complexity index is 1300. The van der Waals surface area contributed by atoms with Crippen molar-refractivity contribution in [3.05, 3.63) is 83.4 Å². The van der Waals surface area contributed by atoms with E-state index in [0.717, 1.165) is 56.1 Å². The Kier molecular flexibility index (Phi) is 7.65. The number of nitrogens with one attached hydrogen (secondary N) is 2. The van der Waals surface area contributed by atoms with Crippen molar-refractivity contribution in [1.82, 2.24) is 10.2 Å². The van der Waals surface area contributed by atoms with Crippen molar-refractivity contribution in [3.8, 4) is 0 Å². The molecule has 7 heteroatoms. The van der Waals surface area contributed by atoms with E-state index in [1.807, 2.05) is 42.5 Å². The van der Waals surface area contributed by atoms with Gasteiger partial charge in [0.05, 0.1) is 6.26 Å². The Labute approximate surface area is 201 Å². The van der Waals surface area contributed by atoms with Gasteiger partial charge in [-0.2, -0.15) is 0 Å². The molecule has 2 N–H and O–H groups in total. The number of benzene rings is 3. The van der Waals surface area contributed by atoms with Crippen molar-refractivity contribution in [2.75, 3.05) is 30.6 Å². The van der Waals surface area contributed by atoms with Crippen LogP contribution in [0, 0.1) is 0 Å². The lowest BCUT2D eigenvalue weighted by molar-refractivity contribution is -0.116. The summed E-state index contributed by atoms with van der Waals surface area (Å²) in [6.07, 6.45) is 7.47. The van der Waals surface area contributed by atoms with Gasteiger partial charge in [-0.15, -0.1) is 0 Å². The molecule has 178 valence electrons. The van der Waals surface area contributed by atoms with Crippen LogP contribution < -0.4 is 10.0 Å². The second-order valence-electron chi connectivity index (χ2n) is 8.82. The first kappa shape index (κ1) is 24.0. The molecule has 0 radical (unpaired) electrons. The number of rotatable bonds is 9. The number of carbonyl (C=O) groups excluding carboxylic acids is 1. The molecule has 6 nitrogen and oxygen atoms in total. The third-order valence-corrected chi connectivity index (χ3v) is 6.61. The van der Waals surface area contributed by atoms with E-state index in [-0.39, 0.29) is 5.91 Å². The van der Waals surface area contributed by atoms with Crippen LogP contribution in [0.1, 0.15) is 29.5 Å². The van der Waals surface area contributed by atoms with Gasteiger partial charge in [0.25, 0.3) is 0 Å². The molecule has 0 bridgehead atoms. The quantitative estimate of drug-likeness (QED) is 0.358. The number of anilines is 1. The monoisotopic (exact) mass is 477 g/mol. The Hall–Kier alpha value is -3.16. The highest BCUT2D eigenvalue weighted by molar-refractivity contribution is 7.92. The molecule has 0 aromatic heterocycles. The van der Waals surface area contributed by atoms with Crippen molar-refractivity contribution in [2.24, 2.45) is 0 Å². The minimum atomic E-state index is -3.28. The van der Waals surface area contributed by atoms with Crippen LogP contribution in [0.25, 0.3) is 16.8 Å². The highest BCUT2D eigenvalue weighted by Gasteiger charge is 2.16. The van der Waals surface area contributed by atoms with Gasteiger partial charge in [-0.3, -0.25) is 14.4 Å². The second-order valence-corrected chi connectivity index (χ2v) is 10.6. The summed E-state index contributed by atoms with van der Waals surface area (Å²) in [6.45, 7) is 3.40. The third kappa shape index (κ3) is 6.92. The summed E-state index contributed by atoms with van der Waals surface area (Å²) < 4.78 is 25.5. The van der Waals surface area contributed by atoms with Gasteiger partial charge in [0.2, 0.25) is 15.9 Å². The lowest BCUT2D eigenvalue weighted by atomic mass is 9.99. The second kappa shape index (κ2) is 10.8. The molecule has 1 aliphatic rings. The summed E-state index contributed by atoms with van der Waals surface area (Å²) in [5, 5.41) is 5.31. The molecule has 3 aromatic carbocycles. The van der Waals surface area contributed by atoms with Crippen molar-refractivity contribution in [1.29, 1.82) is 0 Å². The maximum absolute atomic E-state index is 12.2. The van der Waals surface area contributed by atoms with Gasteiger partial charge in [0, 0.05) is 31.4 Å². The summed E-state index contributed by atoms with van der Waals surface area (Å²) in [6, 6.07) is 20.1. The van der Waals surface area contributed by atoms with E-state index >= 15 is 0 Å². The zero-order chi connectivity index (χ0) is 24.0. The number of carbonyl (C=O) groups is 1. The van der Waals surface area contributed by atoms with Gasteiger partial charge in [0.15, 0.2) is 0 Å². The molecule has 3 aromatic rings. The van der Waals surface area contributed by atoms with E-state index in [9.17, 15) is 13.2 Å². The summed E-state index contributed by atoms with van der Waals surface area (Å²) in [5.41, 5.74) is 4.07. The fraction of sp³-hybridized carbons (Fsp3) is 0.296. The van der Waals surface area contributed by atoms with Crippen molar-refractivity contribution in [2.45, 2.75) is 25.8 Å². The van der Waals surface area contributed by atoms with Crippen LogP contribution in [-0.2, 0) is 27.8 Å². The SMILES string of the molecule is CS(=O)(=O)Nc1ccc2c(c1)CN(CCCCNC(=O)C=Cc1ccc3ccccc3c1)CC2. The first-order valence-corrected chi connectivity index (χ1v) is 13.5. The summed E-state index contributed by atoms with van der Waals surface area (Å²) in [7, 11) is -3.28. The average molecular weight is 478 g/mol.